The molecule has 0 atom stereocenters. The van der Waals surface area contributed by atoms with Crippen LogP contribution in [0.3, 0.4) is 0 Å². The van der Waals surface area contributed by atoms with Gasteiger partial charge >= 0.3 is 0 Å². The van der Waals surface area contributed by atoms with Crippen molar-refractivity contribution in [2.24, 2.45) is 0 Å². The van der Waals surface area contributed by atoms with Crippen molar-refractivity contribution < 1.29 is 4.79 Å². The van der Waals surface area contributed by atoms with E-state index in [9.17, 15) is 4.79 Å². The highest BCUT2D eigenvalue weighted by atomic mass is 79.9. The van der Waals surface area contributed by atoms with Gasteiger partial charge in [0.25, 0.3) is 5.91 Å². The Morgan fingerprint density at radius 3 is 2.83 bits per heavy atom. The molecule has 0 aliphatic carbocycles. The van der Waals surface area contributed by atoms with Crippen molar-refractivity contribution >= 4 is 44.8 Å². The summed E-state index contributed by atoms with van der Waals surface area (Å²) in [6.45, 7) is 3.96. The van der Waals surface area contributed by atoms with E-state index in [1.54, 1.807) is 22.7 Å². The Bertz CT molecular complexity index is 904. The van der Waals surface area contributed by atoms with Crippen molar-refractivity contribution in [2.45, 2.75) is 20.3 Å². The van der Waals surface area contributed by atoms with Gasteiger partial charge in [0.15, 0.2) is 0 Å². The first kappa shape index (κ1) is 16.0. The van der Waals surface area contributed by atoms with Gasteiger partial charge in [-0.3, -0.25) is 9.20 Å². The standard InChI is InChI=1S/C17H15BrClN3O/c1-3-14-16(22-7-6-11(19)9-15(22)21-14)17(23)20-12-4-5-13(18)10(2)8-12/h4-9H,3H2,1-2H3,(H,20,23). The molecule has 2 aromatic heterocycles. The van der Waals surface area contributed by atoms with E-state index in [0.29, 0.717) is 22.8 Å². The number of nitrogens with one attached hydrogen (secondary N) is 1. The summed E-state index contributed by atoms with van der Waals surface area (Å²) in [5.74, 6) is -0.182. The van der Waals surface area contributed by atoms with E-state index in [-0.39, 0.29) is 5.91 Å². The molecule has 4 nitrogen and oxygen atoms in total. The normalized spacial score (nSPS) is 11.0. The average Bonchev–Trinajstić information content (AvgIpc) is 2.88. The third kappa shape index (κ3) is 3.12. The van der Waals surface area contributed by atoms with E-state index in [0.717, 1.165) is 21.4 Å². The Balaban J connectivity index is 2.01. The van der Waals surface area contributed by atoms with Gasteiger partial charge in [-0.05, 0) is 43.2 Å². The first-order valence-electron chi connectivity index (χ1n) is 7.23. The molecular weight excluding hydrogens is 378 g/mol. The number of halogens is 2. The van der Waals surface area contributed by atoms with Gasteiger partial charge in [-0.2, -0.15) is 0 Å². The molecule has 0 aliphatic rings. The number of rotatable bonds is 3. The van der Waals surface area contributed by atoms with Crippen LogP contribution in [0, 0.1) is 6.92 Å². The number of aryl methyl sites for hydroxylation is 2. The number of hydrogen-bond donors (Lipinski definition) is 1. The topological polar surface area (TPSA) is 46.4 Å². The molecule has 0 aliphatic heterocycles. The molecule has 0 spiro atoms. The molecule has 0 radical (unpaired) electrons. The second-order valence-corrected chi connectivity index (χ2v) is 6.54. The first-order chi connectivity index (χ1) is 11.0. The molecular formula is C17H15BrClN3O. The van der Waals surface area contributed by atoms with E-state index < -0.39 is 0 Å². The van der Waals surface area contributed by atoms with Crippen LogP contribution in [0.1, 0.15) is 28.7 Å². The SMILES string of the molecule is CCc1nc2cc(Cl)ccn2c1C(=O)Nc1ccc(Br)c(C)c1. The van der Waals surface area contributed by atoms with Crippen molar-refractivity contribution in [3.05, 3.63) is 63.0 Å². The van der Waals surface area contributed by atoms with Crippen LogP contribution in [-0.4, -0.2) is 15.3 Å². The van der Waals surface area contributed by atoms with Crippen LogP contribution < -0.4 is 5.32 Å². The van der Waals surface area contributed by atoms with Gasteiger partial charge in [-0.25, -0.2) is 4.98 Å². The lowest BCUT2D eigenvalue weighted by atomic mass is 10.2. The van der Waals surface area contributed by atoms with Gasteiger partial charge in [-0.15, -0.1) is 0 Å². The van der Waals surface area contributed by atoms with Crippen LogP contribution in [0.25, 0.3) is 5.65 Å². The van der Waals surface area contributed by atoms with Gasteiger partial charge in [0.05, 0.1) is 5.69 Å². The molecule has 2 heterocycles. The lowest BCUT2D eigenvalue weighted by molar-refractivity contribution is 0.102. The number of pyridine rings is 1. The Morgan fingerprint density at radius 1 is 1.35 bits per heavy atom. The van der Waals surface area contributed by atoms with Gasteiger partial charge in [0, 0.05) is 27.4 Å². The number of aromatic nitrogens is 2. The van der Waals surface area contributed by atoms with Crippen molar-refractivity contribution in [1.29, 1.82) is 0 Å². The molecule has 0 fully saturated rings. The van der Waals surface area contributed by atoms with Crippen molar-refractivity contribution in [1.82, 2.24) is 9.38 Å². The predicted octanol–water partition coefficient (Wildman–Crippen LogP) is 4.87. The smallest absolute Gasteiger partial charge is 0.274 e. The maximum atomic E-state index is 12.7. The third-order valence-electron chi connectivity index (χ3n) is 3.63. The Kier molecular flexibility index (Phi) is 4.41. The highest BCUT2D eigenvalue weighted by molar-refractivity contribution is 9.10. The molecule has 1 N–H and O–H groups in total. The fraction of sp³-hybridized carbons (Fsp3) is 0.176. The molecule has 23 heavy (non-hydrogen) atoms. The Hall–Kier alpha value is -1.85. The fourth-order valence-electron chi connectivity index (χ4n) is 2.47. The second-order valence-electron chi connectivity index (χ2n) is 5.25. The summed E-state index contributed by atoms with van der Waals surface area (Å²) in [5.41, 5.74) is 3.77. The molecule has 118 valence electrons. The molecule has 0 bridgehead atoms. The molecule has 1 amide bonds. The van der Waals surface area contributed by atoms with E-state index >= 15 is 0 Å². The summed E-state index contributed by atoms with van der Waals surface area (Å²) >= 11 is 9.46. The van der Waals surface area contributed by atoms with E-state index in [1.165, 1.54) is 0 Å². The van der Waals surface area contributed by atoms with Crippen molar-refractivity contribution in [3.63, 3.8) is 0 Å². The number of carbonyl (C=O) groups is 1. The number of imidazole rings is 1. The minimum Gasteiger partial charge on any atom is -0.321 e. The highest BCUT2D eigenvalue weighted by Gasteiger charge is 2.18. The van der Waals surface area contributed by atoms with E-state index in [4.69, 9.17) is 11.6 Å². The fourth-order valence-corrected chi connectivity index (χ4v) is 2.87. The largest absolute Gasteiger partial charge is 0.321 e. The van der Waals surface area contributed by atoms with Crippen LogP contribution in [0.4, 0.5) is 5.69 Å². The molecule has 0 saturated carbocycles. The van der Waals surface area contributed by atoms with Crippen LogP contribution in [0.2, 0.25) is 5.02 Å². The Labute approximate surface area is 147 Å². The van der Waals surface area contributed by atoms with Gasteiger partial charge < -0.3 is 5.32 Å². The van der Waals surface area contributed by atoms with Crippen LogP contribution >= 0.6 is 27.5 Å². The van der Waals surface area contributed by atoms with E-state index in [1.807, 2.05) is 32.0 Å². The molecule has 3 aromatic rings. The summed E-state index contributed by atoms with van der Waals surface area (Å²) in [6, 6.07) is 9.20. The number of amides is 1. The van der Waals surface area contributed by atoms with Crippen LogP contribution in [0.15, 0.2) is 41.0 Å². The van der Waals surface area contributed by atoms with Crippen molar-refractivity contribution in [2.75, 3.05) is 5.32 Å². The number of anilines is 1. The second kappa shape index (κ2) is 6.34. The lowest BCUT2D eigenvalue weighted by Crippen LogP contribution is -2.16. The summed E-state index contributed by atoms with van der Waals surface area (Å²) in [5, 5.41) is 3.54. The predicted molar refractivity (Wildman–Crippen MR) is 96.4 cm³/mol. The maximum absolute atomic E-state index is 12.7. The molecule has 0 saturated heterocycles. The monoisotopic (exact) mass is 391 g/mol. The summed E-state index contributed by atoms with van der Waals surface area (Å²) in [7, 11) is 0. The molecule has 3 rings (SSSR count). The quantitative estimate of drug-likeness (QED) is 0.691. The summed E-state index contributed by atoms with van der Waals surface area (Å²) < 4.78 is 2.78. The van der Waals surface area contributed by atoms with Gasteiger partial charge in [0.2, 0.25) is 0 Å². The summed E-state index contributed by atoms with van der Waals surface area (Å²) in [6.07, 6.45) is 2.44. The molecule has 6 heteroatoms. The zero-order valence-electron chi connectivity index (χ0n) is 12.7. The third-order valence-corrected chi connectivity index (χ3v) is 4.75. The Morgan fingerprint density at radius 2 is 2.13 bits per heavy atom. The number of carbonyl (C=O) groups excluding carboxylic acids is 1. The first-order valence-corrected chi connectivity index (χ1v) is 8.40. The zero-order valence-corrected chi connectivity index (χ0v) is 15.1. The summed E-state index contributed by atoms with van der Waals surface area (Å²) in [4.78, 5) is 17.2. The number of nitrogens with zero attached hydrogens (tertiary/aromatic N) is 2. The molecule has 1 aromatic carbocycles. The zero-order chi connectivity index (χ0) is 16.6. The minimum atomic E-state index is -0.182. The van der Waals surface area contributed by atoms with Crippen LogP contribution in [0.5, 0.6) is 0 Å². The lowest BCUT2D eigenvalue weighted by Gasteiger charge is -2.08. The van der Waals surface area contributed by atoms with Crippen LogP contribution in [-0.2, 0) is 6.42 Å². The van der Waals surface area contributed by atoms with Crippen molar-refractivity contribution in [3.8, 4) is 0 Å². The number of hydrogen-bond acceptors (Lipinski definition) is 2. The minimum absolute atomic E-state index is 0.182. The maximum Gasteiger partial charge on any atom is 0.274 e. The van der Waals surface area contributed by atoms with E-state index in [2.05, 4.69) is 26.2 Å². The molecule has 0 unspecified atom stereocenters. The highest BCUT2D eigenvalue weighted by Crippen LogP contribution is 2.22. The number of fused-ring (bicyclic) bond motifs is 1. The van der Waals surface area contributed by atoms with Gasteiger partial charge in [-0.1, -0.05) is 34.5 Å². The van der Waals surface area contributed by atoms with Gasteiger partial charge in [0.1, 0.15) is 11.3 Å². The number of benzene rings is 1. The average molecular weight is 393 g/mol.